The van der Waals surface area contributed by atoms with E-state index in [0.717, 1.165) is 11.3 Å². The average Bonchev–Trinajstić information content (AvgIpc) is 3.31. The highest BCUT2D eigenvalue weighted by atomic mass is 35.5. The van der Waals surface area contributed by atoms with E-state index >= 15 is 0 Å². The fourth-order valence-electron chi connectivity index (χ4n) is 4.66. The van der Waals surface area contributed by atoms with Gasteiger partial charge < -0.3 is 19.5 Å². The van der Waals surface area contributed by atoms with Crippen molar-refractivity contribution in [2.24, 2.45) is 5.92 Å². The van der Waals surface area contributed by atoms with Crippen molar-refractivity contribution in [3.8, 4) is 0 Å². The fraction of sp³-hybridized carbons (Fsp3) is 0.346. The predicted molar refractivity (Wildman–Crippen MR) is 128 cm³/mol. The van der Waals surface area contributed by atoms with E-state index in [9.17, 15) is 14.0 Å². The van der Waals surface area contributed by atoms with Gasteiger partial charge in [0.1, 0.15) is 11.9 Å². The molecule has 3 aromatic rings. The molecule has 1 atom stereocenters. The van der Waals surface area contributed by atoms with E-state index in [-0.39, 0.29) is 35.4 Å². The Labute approximate surface area is 207 Å². The highest BCUT2D eigenvalue weighted by molar-refractivity contribution is 6.31. The summed E-state index contributed by atoms with van der Waals surface area (Å²) >= 11 is 6.04. The van der Waals surface area contributed by atoms with Gasteiger partial charge in [0.05, 0.1) is 25.2 Å². The molecule has 2 amide bonds. The van der Waals surface area contributed by atoms with Crippen molar-refractivity contribution >= 4 is 23.4 Å². The third-order valence-corrected chi connectivity index (χ3v) is 7.08. The molecule has 7 nitrogen and oxygen atoms in total. The Morgan fingerprint density at radius 1 is 1.14 bits per heavy atom. The van der Waals surface area contributed by atoms with E-state index < -0.39 is 5.82 Å². The van der Waals surface area contributed by atoms with Crippen molar-refractivity contribution in [1.29, 1.82) is 0 Å². The summed E-state index contributed by atoms with van der Waals surface area (Å²) in [7, 11) is 0. The zero-order chi connectivity index (χ0) is 24.4. The van der Waals surface area contributed by atoms with Crippen molar-refractivity contribution in [1.82, 2.24) is 19.8 Å². The lowest BCUT2D eigenvalue weighted by atomic mass is 9.95. The summed E-state index contributed by atoms with van der Waals surface area (Å²) in [5.41, 5.74) is 2.97. The van der Waals surface area contributed by atoms with Crippen LogP contribution in [0, 0.1) is 11.7 Å². The number of carbonyl (C=O) groups excluding carboxylic acids is 2. The second-order valence-electron chi connectivity index (χ2n) is 8.92. The molecule has 0 unspecified atom stereocenters. The van der Waals surface area contributed by atoms with Crippen LogP contribution >= 0.6 is 11.6 Å². The SMILES string of the molecule is O=C(NCc1ccc(F)cc1Cl)C1CCN(C(=O)c2ncn3c2CO[C@H](c2ccccc2)C3)CC1. The Balaban J connectivity index is 1.15. The number of likely N-dealkylation sites (tertiary alicyclic amines) is 1. The Kier molecular flexibility index (Phi) is 6.83. The lowest BCUT2D eigenvalue weighted by Gasteiger charge is -2.31. The molecule has 2 aliphatic heterocycles. The maximum absolute atomic E-state index is 13.2. The fourth-order valence-corrected chi connectivity index (χ4v) is 4.90. The van der Waals surface area contributed by atoms with Gasteiger partial charge in [-0.2, -0.15) is 0 Å². The molecule has 5 rings (SSSR count). The Bertz CT molecular complexity index is 1220. The molecule has 9 heteroatoms. The maximum Gasteiger partial charge on any atom is 0.274 e. The minimum atomic E-state index is -0.413. The van der Waals surface area contributed by atoms with Crippen LogP contribution in [0.15, 0.2) is 54.9 Å². The monoisotopic (exact) mass is 496 g/mol. The number of amides is 2. The normalized spacial score (nSPS) is 18.2. The molecule has 1 N–H and O–H groups in total. The van der Waals surface area contributed by atoms with Crippen molar-refractivity contribution in [2.75, 3.05) is 13.1 Å². The second kappa shape index (κ2) is 10.2. The third kappa shape index (κ3) is 5.09. The predicted octanol–water partition coefficient (Wildman–Crippen LogP) is 4.12. The van der Waals surface area contributed by atoms with Crippen molar-refractivity contribution in [3.05, 3.63) is 88.2 Å². The van der Waals surface area contributed by atoms with E-state index in [1.54, 1.807) is 17.3 Å². The van der Waals surface area contributed by atoms with Gasteiger partial charge in [0.2, 0.25) is 5.91 Å². The van der Waals surface area contributed by atoms with Crippen molar-refractivity contribution < 1.29 is 18.7 Å². The molecule has 0 spiro atoms. The molecule has 3 heterocycles. The molecule has 182 valence electrons. The smallest absolute Gasteiger partial charge is 0.274 e. The number of fused-ring (bicyclic) bond motifs is 1. The van der Waals surface area contributed by atoms with Gasteiger partial charge in [-0.1, -0.05) is 48.0 Å². The van der Waals surface area contributed by atoms with Gasteiger partial charge in [-0.05, 0) is 36.1 Å². The largest absolute Gasteiger partial charge is 0.365 e. The van der Waals surface area contributed by atoms with Crippen LogP contribution in [0.5, 0.6) is 0 Å². The van der Waals surface area contributed by atoms with Crippen LogP contribution in [0.4, 0.5) is 4.39 Å². The average molecular weight is 497 g/mol. The summed E-state index contributed by atoms with van der Waals surface area (Å²) < 4.78 is 21.2. The molecular formula is C26H26ClFN4O3. The number of benzene rings is 2. The minimum absolute atomic E-state index is 0.0695. The van der Waals surface area contributed by atoms with E-state index in [1.165, 1.54) is 12.1 Å². The highest BCUT2D eigenvalue weighted by Gasteiger charge is 2.32. The van der Waals surface area contributed by atoms with Gasteiger partial charge in [-0.25, -0.2) is 9.37 Å². The summed E-state index contributed by atoms with van der Waals surface area (Å²) in [5, 5.41) is 3.16. The van der Waals surface area contributed by atoms with E-state index in [0.29, 0.717) is 50.3 Å². The first-order valence-electron chi connectivity index (χ1n) is 11.7. The summed E-state index contributed by atoms with van der Waals surface area (Å²) in [6.07, 6.45) is 2.77. The van der Waals surface area contributed by atoms with Crippen LogP contribution in [0.1, 0.15) is 46.3 Å². The molecule has 0 radical (unpaired) electrons. The number of hydrogen-bond acceptors (Lipinski definition) is 4. The van der Waals surface area contributed by atoms with Crippen LogP contribution in [-0.2, 0) is 29.2 Å². The lowest BCUT2D eigenvalue weighted by molar-refractivity contribution is -0.126. The molecule has 2 aliphatic rings. The van der Waals surface area contributed by atoms with Crippen LogP contribution in [0.25, 0.3) is 0 Å². The lowest BCUT2D eigenvalue weighted by Crippen LogP contribution is -2.43. The first-order chi connectivity index (χ1) is 17.0. The van der Waals surface area contributed by atoms with Crippen LogP contribution in [-0.4, -0.2) is 39.4 Å². The zero-order valence-corrected chi connectivity index (χ0v) is 19.9. The number of imidazole rings is 1. The molecule has 0 saturated carbocycles. The molecule has 0 aliphatic carbocycles. The molecule has 1 saturated heterocycles. The van der Waals surface area contributed by atoms with Crippen LogP contribution in [0.3, 0.4) is 0 Å². The Morgan fingerprint density at radius 2 is 1.91 bits per heavy atom. The van der Waals surface area contributed by atoms with E-state index in [4.69, 9.17) is 16.3 Å². The molecule has 2 aromatic carbocycles. The first-order valence-corrected chi connectivity index (χ1v) is 12.1. The van der Waals surface area contributed by atoms with E-state index in [2.05, 4.69) is 10.3 Å². The number of carbonyl (C=O) groups is 2. The topological polar surface area (TPSA) is 76.5 Å². The summed E-state index contributed by atoms with van der Waals surface area (Å²) in [6.45, 7) is 2.13. The minimum Gasteiger partial charge on any atom is -0.365 e. The summed E-state index contributed by atoms with van der Waals surface area (Å²) in [4.78, 5) is 32.0. The first kappa shape index (κ1) is 23.5. The van der Waals surface area contributed by atoms with Gasteiger partial charge in [-0.3, -0.25) is 9.59 Å². The number of piperidine rings is 1. The van der Waals surface area contributed by atoms with Gasteiger partial charge in [-0.15, -0.1) is 0 Å². The molecular weight excluding hydrogens is 471 g/mol. The molecule has 0 bridgehead atoms. The quantitative estimate of drug-likeness (QED) is 0.576. The molecule has 35 heavy (non-hydrogen) atoms. The Hall–Kier alpha value is -3.23. The number of nitrogens with zero attached hydrogens (tertiary/aromatic N) is 3. The summed E-state index contributed by atoms with van der Waals surface area (Å²) in [6, 6.07) is 14.1. The number of aromatic nitrogens is 2. The summed E-state index contributed by atoms with van der Waals surface area (Å²) in [5.74, 6) is -0.817. The Morgan fingerprint density at radius 3 is 2.66 bits per heavy atom. The van der Waals surface area contributed by atoms with Crippen molar-refractivity contribution in [2.45, 2.75) is 38.6 Å². The van der Waals surface area contributed by atoms with Crippen LogP contribution < -0.4 is 5.32 Å². The highest BCUT2D eigenvalue weighted by Crippen LogP contribution is 2.29. The maximum atomic E-state index is 13.2. The number of rotatable bonds is 5. The number of hydrogen-bond donors (Lipinski definition) is 1. The molecule has 1 fully saturated rings. The van der Waals surface area contributed by atoms with Gasteiger partial charge in [0, 0.05) is 30.6 Å². The zero-order valence-electron chi connectivity index (χ0n) is 19.1. The standard InChI is InChI=1S/C26H26ClFN4O3/c27-21-12-20(28)7-6-19(21)13-29-25(33)18-8-10-31(11-9-18)26(34)24-22-15-35-23(14-32(22)16-30-24)17-4-2-1-3-5-17/h1-7,12,16,18,23H,8-11,13-15H2,(H,29,33)/t23-/m0/s1. The number of nitrogens with one attached hydrogen (secondary N) is 1. The van der Waals surface area contributed by atoms with Crippen molar-refractivity contribution in [3.63, 3.8) is 0 Å². The van der Waals surface area contributed by atoms with E-state index in [1.807, 2.05) is 34.9 Å². The third-order valence-electron chi connectivity index (χ3n) is 6.73. The van der Waals surface area contributed by atoms with Gasteiger partial charge >= 0.3 is 0 Å². The number of halogens is 2. The van der Waals surface area contributed by atoms with Gasteiger partial charge in [0.25, 0.3) is 5.91 Å². The van der Waals surface area contributed by atoms with Crippen LogP contribution in [0.2, 0.25) is 5.02 Å². The molecule has 1 aromatic heterocycles. The second-order valence-corrected chi connectivity index (χ2v) is 9.33. The van der Waals surface area contributed by atoms with Gasteiger partial charge in [0.15, 0.2) is 5.69 Å². The number of ether oxygens (including phenoxy) is 1.